The van der Waals surface area contributed by atoms with Gasteiger partial charge in [-0.2, -0.15) is 0 Å². The number of benzene rings is 1. The number of aromatic amines is 1. The van der Waals surface area contributed by atoms with E-state index in [1.807, 2.05) is 13.0 Å². The number of hydrogen-bond donors (Lipinski definition) is 1. The zero-order valence-corrected chi connectivity index (χ0v) is 9.53. The molecule has 0 bridgehead atoms. The lowest BCUT2D eigenvalue weighted by atomic mass is 10.1. The Hall–Kier alpha value is -1.16. The maximum Gasteiger partial charge on any atom is 0.140 e. The van der Waals surface area contributed by atoms with Gasteiger partial charge in [0.25, 0.3) is 0 Å². The molecule has 0 unspecified atom stereocenters. The fourth-order valence-corrected chi connectivity index (χ4v) is 1.73. The predicted molar refractivity (Wildman–Crippen MR) is 58.6 cm³/mol. The second kappa shape index (κ2) is 3.77. The van der Waals surface area contributed by atoms with Crippen LogP contribution in [0.15, 0.2) is 28.9 Å². The van der Waals surface area contributed by atoms with Crippen molar-refractivity contribution in [1.82, 2.24) is 4.98 Å². The van der Waals surface area contributed by atoms with Crippen molar-refractivity contribution < 1.29 is 8.78 Å². The van der Waals surface area contributed by atoms with E-state index in [2.05, 4.69) is 20.9 Å². The summed E-state index contributed by atoms with van der Waals surface area (Å²) in [6.45, 7) is 1.90. The summed E-state index contributed by atoms with van der Waals surface area (Å²) in [5, 5.41) is 0. The van der Waals surface area contributed by atoms with Gasteiger partial charge in [0.15, 0.2) is 0 Å². The zero-order valence-electron chi connectivity index (χ0n) is 7.94. The third-order valence-corrected chi connectivity index (χ3v) is 2.74. The monoisotopic (exact) mass is 271 g/mol. The van der Waals surface area contributed by atoms with Crippen LogP contribution in [0.3, 0.4) is 0 Å². The molecular formula is C11H8BrF2N. The molecule has 0 atom stereocenters. The minimum Gasteiger partial charge on any atom is -0.361 e. The van der Waals surface area contributed by atoms with Gasteiger partial charge in [-0.15, -0.1) is 0 Å². The fourth-order valence-electron chi connectivity index (χ4n) is 1.39. The quantitative estimate of drug-likeness (QED) is 0.754. The van der Waals surface area contributed by atoms with Gasteiger partial charge in [-0.05, 0) is 40.5 Å². The summed E-state index contributed by atoms with van der Waals surface area (Å²) in [4.78, 5) is 2.93. The minimum absolute atomic E-state index is 0.256. The number of aryl methyl sites for hydroxylation is 1. The average Bonchev–Trinajstić information content (AvgIpc) is 2.58. The zero-order chi connectivity index (χ0) is 11.0. The third-order valence-electron chi connectivity index (χ3n) is 2.13. The molecule has 0 aliphatic carbocycles. The van der Waals surface area contributed by atoms with Crippen molar-refractivity contribution in [3.05, 3.63) is 46.1 Å². The molecule has 1 aromatic heterocycles. The maximum absolute atomic E-state index is 13.4. The maximum atomic E-state index is 13.4. The highest BCUT2D eigenvalue weighted by Gasteiger charge is 2.10. The van der Waals surface area contributed by atoms with Gasteiger partial charge in [0.05, 0.1) is 4.47 Å². The number of hydrogen-bond acceptors (Lipinski definition) is 0. The first-order valence-corrected chi connectivity index (χ1v) is 5.17. The Bertz CT molecular complexity index is 505. The highest BCUT2D eigenvalue weighted by Crippen LogP contribution is 2.27. The van der Waals surface area contributed by atoms with E-state index in [0.717, 1.165) is 11.6 Å². The van der Waals surface area contributed by atoms with Crippen LogP contribution in [0.2, 0.25) is 0 Å². The van der Waals surface area contributed by atoms with Crippen LogP contribution in [0, 0.1) is 18.6 Å². The number of nitrogens with one attached hydrogen (secondary N) is 1. The smallest absolute Gasteiger partial charge is 0.140 e. The molecule has 0 fully saturated rings. The summed E-state index contributed by atoms with van der Waals surface area (Å²) < 4.78 is 26.7. The fraction of sp³-hybridized carbons (Fsp3) is 0.0909. The Balaban J connectivity index is 2.58. The van der Waals surface area contributed by atoms with Crippen molar-refractivity contribution in [3.63, 3.8) is 0 Å². The molecule has 0 aliphatic heterocycles. The molecule has 0 saturated carbocycles. The Morgan fingerprint density at radius 1 is 1.13 bits per heavy atom. The van der Waals surface area contributed by atoms with Crippen LogP contribution in [0.1, 0.15) is 5.56 Å². The lowest BCUT2D eigenvalue weighted by Gasteiger charge is -2.02. The van der Waals surface area contributed by atoms with Crippen LogP contribution in [0.4, 0.5) is 8.78 Å². The number of halogens is 3. The van der Waals surface area contributed by atoms with E-state index in [4.69, 9.17) is 0 Å². The van der Waals surface area contributed by atoms with Crippen molar-refractivity contribution in [1.29, 1.82) is 0 Å². The Labute approximate surface area is 94.3 Å². The molecule has 1 nitrogen and oxygen atoms in total. The Kier molecular flexibility index (Phi) is 2.61. The highest BCUT2D eigenvalue weighted by atomic mass is 79.9. The van der Waals surface area contributed by atoms with E-state index < -0.39 is 11.6 Å². The molecule has 2 rings (SSSR count). The molecule has 0 aliphatic rings. The van der Waals surface area contributed by atoms with E-state index in [1.165, 1.54) is 6.07 Å². The molecule has 0 radical (unpaired) electrons. The van der Waals surface area contributed by atoms with Crippen LogP contribution in [0.5, 0.6) is 0 Å². The SMILES string of the molecule is Cc1c[nH]c(-c2cc(Br)c(F)cc2F)c1. The van der Waals surface area contributed by atoms with Crippen LogP contribution in [-0.2, 0) is 0 Å². The van der Waals surface area contributed by atoms with Gasteiger partial charge >= 0.3 is 0 Å². The topological polar surface area (TPSA) is 15.8 Å². The molecule has 78 valence electrons. The van der Waals surface area contributed by atoms with Crippen molar-refractivity contribution in [2.24, 2.45) is 0 Å². The first-order chi connectivity index (χ1) is 7.08. The largest absolute Gasteiger partial charge is 0.361 e. The van der Waals surface area contributed by atoms with Crippen molar-refractivity contribution in [2.45, 2.75) is 6.92 Å². The first-order valence-electron chi connectivity index (χ1n) is 4.38. The van der Waals surface area contributed by atoms with E-state index in [0.29, 0.717) is 11.3 Å². The van der Waals surface area contributed by atoms with Gasteiger partial charge in [-0.1, -0.05) is 0 Å². The lowest BCUT2D eigenvalue weighted by molar-refractivity contribution is 0.581. The normalized spacial score (nSPS) is 10.7. The number of rotatable bonds is 1. The average molecular weight is 272 g/mol. The highest BCUT2D eigenvalue weighted by molar-refractivity contribution is 9.10. The van der Waals surface area contributed by atoms with Crippen molar-refractivity contribution >= 4 is 15.9 Å². The van der Waals surface area contributed by atoms with Gasteiger partial charge in [0, 0.05) is 23.5 Å². The second-order valence-electron chi connectivity index (χ2n) is 3.34. The summed E-state index contributed by atoms with van der Waals surface area (Å²) in [5.41, 5.74) is 2.01. The van der Waals surface area contributed by atoms with Crippen LogP contribution in [-0.4, -0.2) is 4.98 Å². The van der Waals surface area contributed by atoms with Gasteiger partial charge in [0.2, 0.25) is 0 Å². The standard InChI is InChI=1S/C11H8BrF2N/c1-6-2-11(15-5-6)7-3-8(12)10(14)4-9(7)13/h2-5,15H,1H3. The molecule has 2 aromatic rings. The summed E-state index contributed by atoms with van der Waals surface area (Å²) >= 11 is 3.03. The molecule has 1 aromatic carbocycles. The molecule has 1 N–H and O–H groups in total. The van der Waals surface area contributed by atoms with E-state index in [9.17, 15) is 8.78 Å². The van der Waals surface area contributed by atoms with Crippen molar-refractivity contribution in [3.8, 4) is 11.3 Å². The van der Waals surface area contributed by atoms with Crippen molar-refractivity contribution in [2.75, 3.05) is 0 Å². The van der Waals surface area contributed by atoms with E-state index in [1.54, 1.807) is 6.20 Å². The molecule has 15 heavy (non-hydrogen) atoms. The molecular weight excluding hydrogens is 264 g/mol. The van der Waals surface area contributed by atoms with Gasteiger partial charge in [-0.25, -0.2) is 8.78 Å². The minimum atomic E-state index is -0.598. The molecule has 0 spiro atoms. The van der Waals surface area contributed by atoms with E-state index in [-0.39, 0.29) is 4.47 Å². The Morgan fingerprint density at radius 2 is 1.87 bits per heavy atom. The molecule has 0 amide bonds. The van der Waals surface area contributed by atoms with Gasteiger partial charge < -0.3 is 4.98 Å². The molecule has 1 heterocycles. The van der Waals surface area contributed by atoms with Crippen LogP contribution in [0.25, 0.3) is 11.3 Å². The van der Waals surface area contributed by atoms with Gasteiger partial charge in [-0.3, -0.25) is 0 Å². The predicted octanol–water partition coefficient (Wildman–Crippen LogP) is 4.03. The van der Waals surface area contributed by atoms with Crippen LogP contribution < -0.4 is 0 Å². The first kappa shape index (κ1) is 10.4. The molecule has 0 saturated heterocycles. The number of aromatic nitrogens is 1. The summed E-state index contributed by atoms with van der Waals surface area (Å²) in [7, 11) is 0. The van der Waals surface area contributed by atoms with Gasteiger partial charge in [0.1, 0.15) is 11.6 Å². The Morgan fingerprint density at radius 3 is 2.47 bits per heavy atom. The van der Waals surface area contributed by atoms with Crippen LogP contribution >= 0.6 is 15.9 Å². The van der Waals surface area contributed by atoms with E-state index >= 15 is 0 Å². The molecule has 4 heteroatoms. The lowest BCUT2D eigenvalue weighted by Crippen LogP contribution is -1.88. The third kappa shape index (κ3) is 1.95. The summed E-state index contributed by atoms with van der Waals surface area (Å²) in [6, 6.07) is 4.11. The summed E-state index contributed by atoms with van der Waals surface area (Å²) in [5.74, 6) is -1.17. The summed E-state index contributed by atoms with van der Waals surface area (Å²) in [6.07, 6.45) is 1.77. The second-order valence-corrected chi connectivity index (χ2v) is 4.19. The number of H-pyrrole nitrogens is 1.